The van der Waals surface area contributed by atoms with E-state index in [1.54, 1.807) is 11.3 Å². The maximum absolute atomic E-state index is 11.5. The third-order valence-electron chi connectivity index (χ3n) is 4.11. The van der Waals surface area contributed by atoms with Crippen molar-refractivity contribution >= 4 is 34.2 Å². The average molecular weight is 376 g/mol. The van der Waals surface area contributed by atoms with Gasteiger partial charge in [-0.2, -0.15) is 11.3 Å². The summed E-state index contributed by atoms with van der Waals surface area (Å²) < 4.78 is 5.76. The fourth-order valence-electron chi connectivity index (χ4n) is 2.71. The highest BCUT2D eigenvalue weighted by Gasteiger charge is 2.30. The molecule has 1 fully saturated rings. The highest BCUT2D eigenvalue weighted by molar-refractivity contribution is 8.15. The molecule has 0 radical (unpaired) electrons. The lowest BCUT2D eigenvalue weighted by Gasteiger charge is -2.07. The van der Waals surface area contributed by atoms with E-state index in [2.05, 4.69) is 34.3 Å². The summed E-state index contributed by atoms with van der Waals surface area (Å²) in [5, 5.41) is 6.08. The molecule has 3 rings (SSSR count). The van der Waals surface area contributed by atoms with Crippen molar-refractivity contribution in [2.45, 2.75) is 44.0 Å². The molecule has 1 aromatic carbocycles. The summed E-state index contributed by atoms with van der Waals surface area (Å²) in [4.78, 5) is 22.6. The van der Waals surface area contributed by atoms with Crippen LogP contribution >= 0.6 is 23.1 Å². The minimum absolute atomic E-state index is 0.131. The van der Waals surface area contributed by atoms with Gasteiger partial charge in [0.05, 0.1) is 5.25 Å². The second kappa shape index (κ2) is 9.06. The molecule has 0 spiro atoms. The first-order chi connectivity index (χ1) is 12.2. The first-order valence-electron chi connectivity index (χ1n) is 8.45. The van der Waals surface area contributed by atoms with Gasteiger partial charge in [0.15, 0.2) is 0 Å². The van der Waals surface area contributed by atoms with Crippen molar-refractivity contribution in [1.82, 2.24) is 5.32 Å². The molecule has 1 aliphatic rings. The van der Waals surface area contributed by atoms with Crippen molar-refractivity contribution < 1.29 is 14.3 Å². The number of benzene rings is 1. The molecule has 1 N–H and O–H groups in total. The standard InChI is InChI=1S/C19H21NO3S2/c21-18-17(25-19(22)20-18)5-3-1-2-4-14-6-8-16(9-7-14)23-12-15-10-11-24-13-15/h6-11,13,17H,1-5,12H2,(H,20,21,22). The molecule has 2 aromatic rings. The van der Waals surface area contributed by atoms with Gasteiger partial charge < -0.3 is 4.74 Å². The summed E-state index contributed by atoms with van der Waals surface area (Å²) in [7, 11) is 0. The predicted molar refractivity (Wildman–Crippen MR) is 102 cm³/mol. The van der Waals surface area contributed by atoms with E-state index < -0.39 is 0 Å². The molecule has 1 atom stereocenters. The lowest BCUT2D eigenvalue weighted by Crippen LogP contribution is -2.24. The van der Waals surface area contributed by atoms with Crippen molar-refractivity contribution in [3.8, 4) is 5.75 Å². The highest BCUT2D eigenvalue weighted by atomic mass is 32.2. The Hall–Kier alpha value is -1.79. The molecule has 1 saturated heterocycles. The molecule has 0 aliphatic carbocycles. The summed E-state index contributed by atoms with van der Waals surface area (Å²) in [5.41, 5.74) is 2.50. The Bertz CT molecular complexity index is 698. The molecule has 132 valence electrons. The van der Waals surface area contributed by atoms with Gasteiger partial charge in [0.1, 0.15) is 12.4 Å². The molecule has 2 amide bonds. The van der Waals surface area contributed by atoms with E-state index >= 15 is 0 Å². The molecule has 0 saturated carbocycles. The maximum Gasteiger partial charge on any atom is 0.286 e. The van der Waals surface area contributed by atoms with Gasteiger partial charge >= 0.3 is 0 Å². The van der Waals surface area contributed by atoms with Crippen LogP contribution < -0.4 is 10.1 Å². The predicted octanol–water partition coefficient (Wildman–Crippen LogP) is 4.78. The zero-order chi connectivity index (χ0) is 17.5. The Labute approximate surface area is 156 Å². The van der Waals surface area contributed by atoms with E-state index in [0.29, 0.717) is 6.61 Å². The van der Waals surface area contributed by atoms with Crippen LogP contribution in [0, 0.1) is 0 Å². The Morgan fingerprint density at radius 1 is 1.00 bits per heavy atom. The molecule has 4 nitrogen and oxygen atoms in total. The van der Waals surface area contributed by atoms with Crippen LogP contribution in [0.25, 0.3) is 0 Å². The number of thioether (sulfide) groups is 1. The minimum Gasteiger partial charge on any atom is -0.489 e. The van der Waals surface area contributed by atoms with Gasteiger partial charge in [-0.15, -0.1) is 0 Å². The highest BCUT2D eigenvalue weighted by Crippen LogP contribution is 2.24. The third-order valence-corrected chi connectivity index (χ3v) is 5.89. The van der Waals surface area contributed by atoms with Crippen LogP contribution in [0.2, 0.25) is 0 Å². The number of amides is 2. The number of ether oxygens (including phenoxy) is 1. The van der Waals surface area contributed by atoms with E-state index in [0.717, 1.165) is 49.6 Å². The molecule has 1 unspecified atom stereocenters. The fourth-order valence-corrected chi connectivity index (χ4v) is 4.23. The molecule has 6 heteroatoms. The quantitative estimate of drug-likeness (QED) is 0.641. The van der Waals surface area contributed by atoms with Crippen LogP contribution in [0.4, 0.5) is 4.79 Å². The lowest BCUT2D eigenvalue weighted by molar-refractivity contribution is -0.119. The van der Waals surface area contributed by atoms with E-state index in [1.807, 2.05) is 12.1 Å². The van der Waals surface area contributed by atoms with E-state index in [1.165, 1.54) is 11.1 Å². The van der Waals surface area contributed by atoms with Gasteiger partial charge in [-0.3, -0.25) is 14.9 Å². The Morgan fingerprint density at radius 2 is 1.84 bits per heavy atom. The lowest BCUT2D eigenvalue weighted by atomic mass is 10.1. The van der Waals surface area contributed by atoms with Crippen LogP contribution in [0.15, 0.2) is 41.1 Å². The number of nitrogens with one attached hydrogen (secondary N) is 1. The van der Waals surface area contributed by atoms with Gasteiger partial charge in [0, 0.05) is 0 Å². The van der Waals surface area contributed by atoms with Crippen molar-refractivity contribution in [1.29, 1.82) is 0 Å². The van der Waals surface area contributed by atoms with Crippen LogP contribution in [0.3, 0.4) is 0 Å². The first-order valence-corrected chi connectivity index (χ1v) is 10.3. The van der Waals surface area contributed by atoms with Crippen molar-refractivity contribution in [2.75, 3.05) is 0 Å². The molecule has 2 heterocycles. The number of hydrogen-bond donors (Lipinski definition) is 1. The smallest absolute Gasteiger partial charge is 0.286 e. The average Bonchev–Trinajstić information content (AvgIpc) is 3.23. The molecule has 25 heavy (non-hydrogen) atoms. The van der Waals surface area contributed by atoms with Gasteiger partial charge in [-0.1, -0.05) is 36.7 Å². The number of carbonyl (C=O) groups is 2. The van der Waals surface area contributed by atoms with Gasteiger partial charge in [-0.05, 0) is 59.3 Å². The largest absolute Gasteiger partial charge is 0.489 e. The van der Waals surface area contributed by atoms with Crippen molar-refractivity contribution in [3.05, 3.63) is 52.2 Å². The Kier molecular flexibility index (Phi) is 6.53. The summed E-state index contributed by atoms with van der Waals surface area (Å²) >= 11 is 2.80. The summed E-state index contributed by atoms with van der Waals surface area (Å²) in [6.07, 6.45) is 4.92. The number of hydrogen-bond acceptors (Lipinski definition) is 5. The van der Waals surface area contributed by atoms with Gasteiger partial charge in [0.2, 0.25) is 5.91 Å². The summed E-state index contributed by atoms with van der Waals surface area (Å²) in [6.45, 7) is 0.609. The number of thiophene rings is 1. The van der Waals surface area contributed by atoms with Crippen LogP contribution in [-0.4, -0.2) is 16.4 Å². The van der Waals surface area contributed by atoms with E-state index in [4.69, 9.17) is 4.74 Å². The number of unbranched alkanes of at least 4 members (excludes halogenated alkanes) is 2. The summed E-state index contributed by atoms with van der Waals surface area (Å²) in [5.74, 6) is 0.761. The fraction of sp³-hybridized carbons (Fsp3) is 0.368. The maximum atomic E-state index is 11.5. The molecule has 1 aliphatic heterocycles. The van der Waals surface area contributed by atoms with E-state index in [9.17, 15) is 9.59 Å². The SMILES string of the molecule is O=C1NC(=O)C(CCCCCc2ccc(OCc3ccsc3)cc2)S1. The first kappa shape index (κ1) is 18.0. The van der Waals surface area contributed by atoms with Crippen molar-refractivity contribution in [3.63, 3.8) is 0 Å². The molecular weight excluding hydrogens is 354 g/mol. The van der Waals surface area contributed by atoms with Crippen LogP contribution in [-0.2, 0) is 17.8 Å². The second-order valence-corrected chi connectivity index (χ2v) is 8.00. The monoisotopic (exact) mass is 375 g/mol. The second-order valence-electron chi connectivity index (χ2n) is 6.05. The van der Waals surface area contributed by atoms with Crippen molar-refractivity contribution in [2.24, 2.45) is 0 Å². The number of carbonyl (C=O) groups excluding carboxylic acids is 2. The van der Waals surface area contributed by atoms with Crippen LogP contribution in [0.1, 0.15) is 36.8 Å². The number of rotatable bonds is 9. The van der Waals surface area contributed by atoms with Gasteiger partial charge in [0.25, 0.3) is 5.24 Å². The molecule has 0 bridgehead atoms. The Morgan fingerprint density at radius 3 is 2.52 bits per heavy atom. The summed E-state index contributed by atoms with van der Waals surface area (Å²) in [6, 6.07) is 10.3. The normalized spacial score (nSPS) is 16.9. The topological polar surface area (TPSA) is 55.4 Å². The number of aryl methyl sites for hydroxylation is 1. The minimum atomic E-state index is -0.212. The van der Waals surface area contributed by atoms with E-state index in [-0.39, 0.29) is 16.4 Å². The Balaban J connectivity index is 1.32. The third kappa shape index (κ3) is 5.61. The molecule has 1 aromatic heterocycles. The zero-order valence-corrected chi connectivity index (χ0v) is 15.5. The van der Waals surface area contributed by atoms with Crippen LogP contribution in [0.5, 0.6) is 5.75 Å². The molecular formula is C19H21NO3S2. The number of imide groups is 1. The zero-order valence-electron chi connectivity index (χ0n) is 13.9. The van der Waals surface area contributed by atoms with Gasteiger partial charge in [-0.25, -0.2) is 0 Å².